The van der Waals surface area contributed by atoms with Crippen LogP contribution in [0.25, 0.3) is 0 Å². The van der Waals surface area contributed by atoms with Gasteiger partial charge >= 0.3 is 25.2 Å². The molecule has 14 heteroatoms. The molecule has 1 saturated heterocycles. The SMILES string of the molecule is COc1c(C[C@H](NC(=O)C(NC(=O)OC(C)(C)C)c2ccc(C(=O)OC(C)(C)C)c(Cl)c2)B2O[C@@H]3C[C@@H]4C[C@@H](C4(C)C)[C@]3(C)O2)cccc1C(=O)OC(C)(C)C. The van der Waals surface area contributed by atoms with Crippen molar-refractivity contribution in [2.45, 2.75) is 143 Å². The largest absolute Gasteiger partial charge is 0.496 e. The Balaban J connectivity index is 1.52. The molecule has 0 spiro atoms. The zero-order chi connectivity index (χ0) is 41.8. The maximum Gasteiger partial charge on any atom is 0.482 e. The lowest BCUT2D eigenvalue weighted by atomic mass is 9.43. The monoisotopic (exact) mass is 796 g/mol. The molecule has 6 atom stereocenters. The van der Waals surface area contributed by atoms with E-state index in [1.807, 2.05) is 0 Å². The summed E-state index contributed by atoms with van der Waals surface area (Å²) >= 11 is 6.63. The number of benzene rings is 2. The second-order valence-corrected chi connectivity index (χ2v) is 19.4. The van der Waals surface area contributed by atoms with E-state index in [-0.39, 0.29) is 45.6 Å². The van der Waals surface area contributed by atoms with Crippen LogP contribution < -0.4 is 15.4 Å². The first kappa shape index (κ1) is 43.3. The predicted molar refractivity (Wildman–Crippen MR) is 213 cm³/mol. The zero-order valence-electron chi connectivity index (χ0n) is 35.0. The molecule has 1 aliphatic heterocycles. The van der Waals surface area contributed by atoms with Gasteiger partial charge in [0, 0.05) is 0 Å². The number of hydrogen-bond donors (Lipinski definition) is 2. The van der Waals surface area contributed by atoms with Gasteiger partial charge in [-0.3, -0.25) is 4.79 Å². The van der Waals surface area contributed by atoms with E-state index in [1.165, 1.54) is 25.3 Å². The van der Waals surface area contributed by atoms with Crippen LogP contribution in [0.15, 0.2) is 36.4 Å². The molecule has 2 bridgehead atoms. The normalized spacial score (nSPS) is 23.8. The van der Waals surface area contributed by atoms with E-state index < -0.39 is 65.4 Å². The first-order valence-electron chi connectivity index (χ1n) is 19.3. The van der Waals surface area contributed by atoms with Gasteiger partial charge in [0.15, 0.2) is 0 Å². The highest BCUT2D eigenvalue weighted by molar-refractivity contribution is 6.48. The highest BCUT2D eigenvalue weighted by Crippen LogP contribution is 2.65. The minimum Gasteiger partial charge on any atom is -0.496 e. The molecule has 2 aromatic rings. The van der Waals surface area contributed by atoms with Gasteiger partial charge in [-0.2, -0.15) is 0 Å². The Kier molecular flexibility index (Phi) is 12.0. The lowest BCUT2D eigenvalue weighted by Gasteiger charge is -2.64. The van der Waals surface area contributed by atoms with Gasteiger partial charge in [-0.1, -0.05) is 43.6 Å². The van der Waals surface area contributed by atoms with Crippen LogP contribution in [-0.2, 0) is 34.7 Å². The number of carbonyl (C=O) groups excluding carboxylic acids is 4. The standard InChI is InChI=1S/C42H58BClN2O10/c1-38(2,3)52-35(48)26-18-17-23(19-28(26)44)32(46-37(50)54-40(7,8)9)34(47)45-31(43-55-30-22-25-21-29(41(25,10)11)42(30,12)56-43)20-24-15-14-16-27(33(24)51-13)36(49)53-39(4,5)6/h14-19,25,29-32H,20-22H2,1-13H3,(H,45,47)(H,46,50)/t25-,29-,30+,31-,32?,42-/m0/s1. The second kappa shape index (κ2) is 15.5. The van der Waals surface area contributed by atoms with Crippen molar-refractivity contribution in [3.05, 3.63) is 63.7 Å². The van der Waals surface area contributed by atoms with Crippen molar-refractivity contribution in [2.24, 2.45) is 17.3 Å². The molecule has 2 N–H and O–H groups in total. The molecule has 0 radical (unpaired) electrons. The Morgan fingerprint density at radius 2 is 1.46 bits per heavy atom. The first-order valence-corrected chi connectivity index (χ1v) is 19.7. The van der Waals surface area contributed by atoms with Crippen molar-refractivity contribution in [1.82, 2.24) is 10.6 Å². The van der Waals surface area contributed by atoms with Crippen LogP contribution in [0.2, 0.25) is 5.02 Å². The first-order chi connectivity index (χ1) is 25.7. The van der Waals surface area contributed by atoms with Gasteiger partial charge in [-0.05, 0) is 135 Å². The van der Waals surface area contributed by atoms with Gasteiger partial charge in [0.05, 0.1) is 35.3 Å². The third-order valence-corrected chi connectivity index (χ3v) is 11.2. The smallest absolute Gasteiger partial charge is 0.482 e. The van der Waals surface area contributed by atoms with E-state index in [1.54, 1.807) is 80.5 Å². The highest BCUT2D eigenvalue weighted by Gasteiger charge is 2.68. The Labute approximate surface area is 336 Å². The number of hydrogen-bond acceptors (Lipinski definition) is 10. The van der Waals surface area contributed by atoms with Crippen molar-refractivity contribution in [2.75, 3.05) is 7.11 Å². The summed E-state index contributed by atoms with van der Waals surface area (Å²) in [5, 5.41) is 5.84. The molecule has 306 valence electrons. The summed E-state index contributed by atoms with van der Waals surface area (Å²) in [4.78, 5) is 54.2. The van der Waals surface area contributed by atoms with Crippen molar-refractivity contribution < 1.29 is 47.4 Å². The van der Waals surface area contributed by atoms with Crippen molar-refractivity contribution in [3.8, 4) is 5.75 Å². The molecule has 3 aliphatic carbocycles. The van der Waals surface area contributed by atoms with Crippen LogP contribution in [0.5, 0.6) is 5.75 Å². The van der Waals surface area contributed by atoms with E-state index in [4.69, 9.17) is 39.9 Å². The van der Waals surface area contributed by atoms with E-state index in [0.717, 1.165) is 12.8 Å². The number of para-hydroxylation sites is 1. The molecule has 4 aliphatic rings. The van der Waals surface area contributed by atoms with E-state index in [0.29, 0.717) is 17.2 Å². The molecule has 0 aromatic heterocycles. The van der Waals surface area contributed by atoms with E-state index >= 15 is 0 Å². The lowest BCUT2D eigenvalue weighted by molar-refractivity contribution is -0.199. The molecule has 1 unspecified atom stereocenters. The number of ether oxygens (including phenoxy) is 4. The number of nitrogens with one attached hydrogen (secondary N) is 2. The van der Waals surface area contributed by atoms with E-state index in [2.05, 4.69) is 31.4 Å². The summed E-state index contributed by atoms with van der Waals surface area (Å²) in [5.41, 5.74) is -1.71. The molecule has 56 heavy (non-hydrogen) atoms. The summed E-state index contributed by atoms with van der Waals surface area (Å²) in [6.45, 7) is 22.3. The summed E-state index contributed by atoms with van der Waals surface area (Å²) in [5.74, 6) is -1.63. The van der Waals surface area contributed by atoms with Crippen LogP contribution in [0.1, 0.15) is 134 Å². The molecule has 12 nitrogen and oxygen atoms in total. The van der Waals surface area contributed by atoms with Gasteiger partial charge in [0.2, 0.25) is 5.91 Å². The summed E-state index contributed by atoms with van der Waals surface area (Å²) in [6, 6.07) is 8.26. The van der Waals surface area contributed by atoms with Gasteiger partial charge in [-0.25, -0.2) is 14.4 Å². The summed E-state index contributed by atoms with van der Waals surface area (Å²) < 4.78 is 36.1. The Morgan fingerprint density at radius 3 is 2.02 bits per heavy atom. The van der Waals surface area contributed by atoms with Gasteiger partial charge < -0.3 is 38.9 Å². The number of amides is 2. The minimum atomic E-state index is -1.33. The van der Waals surface area contributed by atoms with Gasteiger partial charge in [0.25, 0.3) is 0 Å². The average Bonchev–Trinajstić information content (AvgIpc) is 3.41. The molecular formula is C42H58BClN2O10. The number of esters is 2. The maximum atomic E-state index is 14.6. The lowest BCUT2D eigenvalue weighted by Crippen LogP contribution is -2.65. The molecule has 3 saturated carbocycles. The quantitative estimate of drug-likeness (QED) is 0.139. The van der Waals surface area contributed by atoms with Crippen LogP contribution in [0, 0.1) is 17.3 Å². The minimum absolute atomic E-state index is 0.0295. The molecule has 2 aromatic carbocycles. The summed E-state index contributed by atoms with van der Waals surface area (Å²) in [7, 11) is 0.568. The fourth-order valence-electron chi connectivity index (χ4n) is 8.21. The second-order valence-electron chi connectivity index (χ2n) is 19.0. The topological polar surface area (TPSA) is 148 Å². The summed E-state index contributed by atoms with van der Waals surface area (Å²) in [6.07, 6.45) is 0.921. The predicted octanol–water partition coefficient (Wildman–Crippen LogP) is 7.82. The molecule has 4 fully saturated rings. The molecular weight excluding hydrogens is 739 g/mol. The molecule has 1 heterocycles. The average molecular weight is 797 g/mol. The Hall–Kier alpha value is -3.81. The Morgan fingerprint density at radius 1 is 0.857 bits per heavy atom. The Bertz CT molecular complexity index is 1850. The number of methoxy groups -OCH3 is 1. The van der Waals surface area contributed by atoms with E-state index in [9.17, 15) is 19.2 Å². The van der Waals surface area contributed by atoms with Crippen LogP contribution in [0.3, 0.4) is 0 Å². The van der Waals surface area contributed by atoms with Crippen molar-refractivity contribution >= 4 is 42.7 Å². The number of alkyl carbamates (subject to hydrolysis) is 1. The molecule has 2 amide bonds. The van der Waals surface area contributed by atoms with Crippen LogP contribution in [0.4, 0.5) is 4.79 Å². The fraction of sp³-hybridized carbons (Fsp3) is 0.619. The van der Waals surface area contributed by atoms with Crippen molar-refractivity contribution in [1.29, 1.82) is 0 Å². The number of halogens is 1. The fourth-order valence-corrected chi connectivity index (χ4v) is 8.47. The third kappa shape index (κ3) is 9.48. The number of carbonyl (C=O) groups is 4. The maximum absolute atomic E-state index is 14.6. The van der Waals surface area contributed by atoms with Gasteiger partial charge in [-0.15, -0.1) is 0 Å². The van der Waals surface area contributed by atoms with Crippen LogP contribution >= 0.6 is 11.6 Å². The van der Waals surface area contributed by atoms with Crippen molar-refractivity contribution in [3.63, 3.8) is 0 Å². The highest BCUT2D eigenvalue weighted by atomic mass is 35.5. The third-order valence-electron chi connectivity index (χ3n) is 10.9. The molecule has 6 rings (SSSR count). The zero-order valence-corrected chi connectivity index (χ0v) is 35.8. The number of rotatable bonds is 10. The van der Waals surface area contributed by atoms with Gasteiger partial charge in [0.1, 0.15) is 34.2 Å². The van der Waals surface area contributed by atoms with Crippen LogP contribution in [-0.4, -0.2) is 72.6 Å².